The van der Waals surface area contributed by atoms with E-state index >= 15 is 0 Å². The van der Waals surface area contributed by atoms with Gasteiger partial charge in [-0.1, -0.05) is 39.5 Å². The topological polar surface area (TPSA) is 54.7 Å². The Balaban J connectivity index is 2.30. The summed E-state index contributed by atoms with van der Waals surface area (Å²) >= 11 is 0. The number of nitrogens with zero attached hydrogens (tertiary/aromatic N) is 1. The quantitative estimate of drug-likeness (QED) is 0.823. The molecule has 3 N–H and O–H groups in total. The molecule has 90 valence electrons. The summed E-state index contributed by atoms with van der Waals surface area (Å²) in [6.07, 6.45) is 8.76. The van der Waals surface area contributed by atoms with Gasteiger partial charge in [-0.2, -0.15) is 5.10 Å². The minimum Gasteiger partial charge on any atom is -0.382 e. The number of nitrogens with one attached hydrogen (secondary N) is 1. The highest BCUT2D eigenvalue weighted by Gasteiger charge is 2.33. The number of rotatable bonds is 3. The summed E-state index contributed by atoms with van der Waals surface area (Å²) in [7, 11) is 0. The highest BCUT2D eigenvalue weighted by atomic mass is 15.2. The van der Waals surface area contributed by atoms with E-state index in [0.29, 0.717) is 5.82 Å². The van der Waals surface area contributed by atoms with Crippen molar-refractivity contribution >= 4 is 5.82 Å². The van der Waals surface area contributed by atoms with E-state index in [9.17, 15) is 0 Å². The molecular weight excluding hydrogens is 198 g/mol. The Kier molecular flexibility index (Phi) is 3.22. The second kappa shape index (κ2) is 4.48. The first-order valence-electron chi connectivity index (χ1n) is 6.50. The third-order valence-electron chi connectivity index (χ3n) is 3.96. The van der Waals surface area contributed by atoms with E-state index in [-0.39, 0.29) is 5.41 Å². The summed E-state index contributed by atoms with van der Waals surface area (Å²) in [5, 5.41) is 7.40. The lowest BCUT2D eigenvalue weighted by molar-refractivity contribution is 0.310. The minimum absolute atomic E-state index is 0.285. The zero-order valence-corrected chi connectivity index (χ0v) is 10.5. The van der Waals surface area contributed by atoms with E-state index in [4.69, 9.17) is 5.73 Å². The Bertz CT molecular complexity index is 348. The molecule has 0 aromatic carbocycles. The molecule has 1 aromatic heterocycles. The van der Waals surface area contributed by atoms with Crippen molar-refractivity contribution in [3.8, 4) is 0 Å². The summed E-state index contributed by atoms with van der Waals surface area (Å²) < 4.78 is 0. The van der Waals surface area contributed by atoms with Crippen molar-refractivity contribution in [2.24, 2.45) is 0 Å². The largest absolute Gasteiger partial charge is 0.382 e. The number of nitrogens with two attached hydrogens (primary N) is 1. The first-order chi connectivity index (χ1) is 7.67. The van der Waals surface area contributed by atoms with Crippen LogP contribution in [-0.2, 0) is 11.8 Å². The number of H-pyrrole nitrogens is 1. The number of nitrogen functional groups attached to an aromatic ring is 1. The van der Waals surface area contributed by atoms with E-state index in [1.54, 1.807) is 0 Å². The van der Waals surface area contributed by atoms with Gasteiger partial charge in [0.05, 0.1) is 0 Å². The second-order valence-electron chi connectivity index (χ2n) is 5.33. The van der Waals surface area contributed by atoms with E-state index in [2.05, 4.69) is 24.0 Å². The predicted octanol–water partition coefficient (Wildman–Crippen LogP) is 3.17. The summed E-state index contributed by atoms with van der Waals surface area (Å²) in [5.74, 6) is 0.712. The van der Waals surface area contributed by atoms with Crippen LogP contribution in [0.4, 0.5) is 5.82 Å². The van der Waals surface area contributed by atoms with Crippen LogP contribution in [0.25, 0.3) is 0 Å². The molecule has 0 radical (unpaired) electrons. The maximum absolute atomic E-state index is 5.95. The Labute approximate surface area is 97.8 Å². The number of anilines is 1. The van der Waals surface area contributed by atoms with Crippen molar-refractivity contribution in [3.63, 3.8) is 0 Å². The van der Waals surface area contributed by atoms with Gasteiger partial charge in [0.1, 0.15) is 5.82 Å². The van der Waals surface area contributed by atoms with Crippen molar-refractivity contribution < 1.29 is 0 Å². The molecule has 1 aromatic rings. The molecule has 16 heavy (non-hydrogen) atoms. The number of hydrogen-bond acceptors (Lipinski definition) is 2. The predicted molar refractivity (Wildman–Crippen MR) is 67.4 cm³/mol. The molecule has 0 bridgehead atoms. The number of hydrogen-bond donors (Lipinski definition) is 2. The van der Waals surface area contributed by atoms with Gasteiger partial charge < -0.3 is 5.73 Å². The van der Waals surface area contributed by atoms with Gasteiger partial charge in [0.25, 0.3) is 0 Å². The molecule has 0 atom stereocenters. The van der Waals surface area contributed by atoms with E-state index < -0.39 is 0 Å². The molecule has 1 aliphatic rings. The van der Waals surface area contributed by atoms with Crippen LogP contribution < -0.4 is 5.73 Å². The Morgan fingerprint density at radius 2 is 2.00 bits per heavy atom. The van der Waals surface area contributed by atoms with Gasteiger partial charge in [-0.25, -0.2) is 0 Å². The zero-order valence-electron chi connectivity index (χ0n) is 10.5. The summed E-state index contributed by atoms with van der Waals surface area (Å²) in [6.45, 7) is 4.55. The standard InChI is InChI=1S/C13H23N3/c1-3-7-10-11(15-16-12(10)14)13(2)8-5-4-6-9-13/h3-9H2,1-2H3,(H3,14,15,16). The average molecular weight is 221 g/mol. The molecule has 0 amide bonds. The summed E-state index contributed by atoms with van der Waals surface area (Å²) in [6, 6.07) is 0. The van der Waals surface area contributed by atoms with Crippen LogP contribution in [-0.4, -0.2) is 10.2 Å². The van der Waals surface area contributed by atoms with Crippen molar-refractivity contribution in [1.29, 1.82) is 0 Å². The molecule has 0 spiro atoms. The second-order valence-corrected chi connectivity index (χ2v) is 5.33. The minimum atomic E-state index is 0.285. The number of aromatic nitrogens is 2. The van der Waals surface area contributed by atoms with Crippen LogP contribution in [0.5, 0.6) is 0 Å². The van der Waals surface area contributed by atoms with Crippen molar-refractivity contribution in [3.05, 3.63) is 11.3 Å². The molecule has 3 nitrogen and oxygen atoms in total. The number of aromatic amines is 1. The molecule has 3 heteroatoms. The van der Waals surface area contributed by atoms with Crippen molar-refractivity contribution in [2.45, 2.75) is 64.2 Å². The third-order valence-corrected chi connectivity index (χ3v) is 3.96. The highest BCUT2D eigenvalue weighted by molar-refractivity contribution is 5.45. The lowest BCUT2D eigenvalue weighted by Gasteiger charge is -2.33. The summed E-state index contributed by atoms with van der Waals surface area (Å²) in [5.41, 5.74) is 8.82. The van der Waals surface area contributed by atoms with Gasteiger partial charge in [0.15, 0.2) is 0 Å². The maximum atomic E-state index is 5.95. The maximum Gasteiger partial charge on any atom is 0.148 e. The molecular formula is C13H23N3. The Hall–Kier alpha value is -0.990. The SMILES string of the molecule is CCCc1c(N)n[nH]c1C1(C)CCCCC1. The van der Waals surface area contributed by atoms with Crippen molar-refractivity contribution in [2.75, 3.05) is 5.73 Å². The van der Waals surface area contributed by atoms with Gasteiger partial charge in [0, 0.05) is 16.7 Å². The van der Waals surface area contributed by atoms with Gasteiger partial charge in [0.2, 0.25) is 0 Å². The first-order valence-corrected chi connectivity index (χ1v) is 6.50. The Morgan fingerprint density at radius 1 is 1.31 bits per heavy atom. The molecule has 0 unspecified atom stereocenters. The van der Waals surface area contributed by atoms with Crippen LogP contribution in [0.15, 0.2) is 0 Å². The smallest absolute Gasteiger partial charge is 0.148 e. The molecule has 1 aliphatic carbocycles. The molecule has 0 aliphatic heterocycles. The van der Waals surface area contributed by atoms with Gasteiger partial charge in [-0.15, -0.1) is 0 Å². The summed E-state index contributed by atoms with van der Waals surface area (Å²) in [4.78, 5) is 0. The van der Waals surface area contributed by atoms with Crippen LogP contribution >= 0.6 is 0 Å². The molecule has 2 rings (SSSR count). The monoisotopic (exact) mass is 221 g/mol. The normalized spacial score (nSPS) is 19.9. The third kappa shape index (κ3) is 1.95. The van der Waals surface area contributed by atoms with Gasteiger partial charge in [-0.05, 0) is 19.3 Å². The van der Waals surface area contributed by atoms with Crippen LogP contribution in [0.1, 0.15) is 63.6 Å². The average Bonchev–Trinajstić information content (AvgIpc) is 2.63. The molecule has 1 saturated carbocycles. The highest BCUT2D eigenvalue weighted by Crippen LogP contribution is 2.40. The Morgan fingerprint density at radius 3 is 2.62 bits per heavy atom. The van der Waals surface area contributed by atoms with E-state index in [0.717, 1.165) is 12.8 Å². The van der Waals surface area contributed by atoms with E-state index in [1.165, 1.54) is 43.4 Å². The lowest BCUT2D eigenvalue weighted by Crippen LogP contribution is -2.27. The van der Waals surface area contributed by atoms with E-state index in [1.807, 2.05) is 0 Å². The first kappa shape index (κ1) is 11.5. The fourth-order valence-corrected chi connectivity index (χ4v) is 2.96. The lowest BCUT2D eigenvalue weighted by atomic mass is 9.72. The van der Waals surface area contributed by atoms with Gasteiger partial charge >= 0.3 is 0 Å². The molecule has 1 fully saturated rings. The van der Waals surface area contributed by atoms with Gasteiger partial charge in [-0.3, -0.25) is 5.10 Å². The molecule has 0 saturated heterocycles. The zero-order chi connectivity index (χ0) is 11.6. The fraction of sp³-hybridized carbons (Fsp3) is 0.769. The van der Waals surface area contributed by atoms with Crippen LogP contribution in [0, 0.1) is 0 Å². The van der Waals surface area contributed by atoms with Crippen molar-refractivity contribution in [1.82, 2.24) is 10.2 Å². The molecule has 1 heterocycles. The van der Waals surface area contributed by atoms with Crippen LogP contribution in [0.2, 0.25) is 0 Å². The van der Waals surface area contributed by atoms with Crippen LogP contribution in [0.3, 0.4) is 0 Å². The fourth-order valence-electron chi connectivity index (χ4n) is 2.96.